The molecule has 0 saturated heterocycles. The second-order valence-electron chi connectivity index (χ2n) is 6.17. The molecule has 0 saturated carbocycles. The Labute approximate surface area is 161 Å². The minimum Gasteiger partial charge on any atom is -0.479 e. The number of fused-ring (bicyclic) bond motifs is 1. The number of furan rings is 1. The third kappa shape index (κ3) is 4.76. The number of para-hydroxylation sites is 1. The Balaban J connectivity index is 1.58. The summed E-state index contributed by atoms with van der Waals surface area (Å²) in [7, 11) is 1.41. The molecule has 146 valence electrons. The largest absolute Gasteiger partial charge is 0.479 e. The number of hydrogen-bond donors (Lipinski definition) is 2. The molecule has 1 heterocycles. The Kier molecular flexibility index (Phi) is 6.41. The van der Waals surface area contributed by atoms with Gasteiger partial charge in [0, 0.05) is 36.6 Å². The van der Waals surface area contributed by atoms with Crippen molar-refractivity contribution in [1.29, 1.82) is 0 Å². The molecule has 7 heteroatoms. The fourth-order valence-corrected chi connectivity index (χ4v) is 2.76. The van der Waals surface area contributed by atoms with Crippen LogP contribution in [-0.4, -0.2) is 43.5 Å². The van der Waals surface area contributed by atoms with Gasteiger partial charge in [-0.15, -0.1) is 0 Å². The summed E-state index contributed by atoms with van der Waals surface area (Å²) in [6.45, 7) is 0.0546. The molecule has 2 N–H and O–H groups in total. The van der Waals surface area contributed by atoms with Crippen molar-refractivity contribution in [2.75, 3.05) is 20.4 Å². The first-order chi connectivity index (χ1) is 13.6. The smallest absolute Gasteiger partial charge is 0.332 e. The summed E-state index contributed by atoms with van der Waals surface area (Å²) in [4.78, 5) is 23.3. The third-order valence-electron chi connectivity index (χ3n) is 4.21. The lowest BCUT2D eigenvalue weighted by Crippen LogP contribution is -2.32. The highest BCUT2D eigenvalue weighted by atomic mass is 16.7. The summed E-state index contributed by atoms with van der Waals surface area (Å²) in [5, 5.41) is 12.8. The first kappa shape index (κ1) is 19.6. The predicted molar refractivity (Wildman–Crippen MR) is 103 cm³/mol. The van der Waals surface area contributed by atoms with E-state index in [2.05, 4.69) is 5.32 Å². The van der Waals surface area contributed by atoms with E-state index < -0.39 is 12.1 Å². The van der Waals surface area contributed by atoms with Crippen molar-refractivity contribution in [3.05, 3.63) is 60.2 Å². The fourth-order valence-electron chi connectivity index (χ4n) is 2.76. The van der Waals surface area contributed by atoms with Crippen LogP contribution in [0.1, 0.15) is 16.8 Å². The van der Waals surface area contributed by atoms with Gasteiger partial charge in [-0.05, 0) is 24.3 Å². The maximum absolute atomic E-state index is 12.3. The molecule has 28 heavy (non-hydrogen) atoms. The highest BCUT2D eigenvalue weighted by Gasteiger charge is 2.18. The standard InChI is InChI=1S/C21H21NO6/c1-26-13-27-18(21(24)25)10-11-22-20(23)15-8-6-14(7-9-15)19-12-16-4-2-3-5-17(16)28-19/h2-9,12,18H,10-11,13H2,1H3,(H,22,23)(H,24,25)/t18-/m1/s1. The number of rotatable bonds is 9. The van der Waals surface area contributed by atoms with E-state index in [1.54, 1.807) is 12.1 Å². The molecule has 0 aliphatic rings. The molecule has 2 aromatic carbocycles. The second-order valence-corrected chi connectivity index (χ2v) is 6.17. The number of hydrogen-bond acceptors (Lipinski definition) is 5. The number of carbonyl (C=O) groups is 2. The van der Waals surface area contributed by atoms with E-state index in [1.165, 1.54) is 7.11 Å². The topological polar surface area (TPSA) is 98.0 Å². The lowest BCUT2D eigenvalue weighted by Gasteiger charge is -2.13. The fraction of sp³-hybridized carbons (Fsp3) is 0.238. The molecule has 0 spiro atoms. The van der Waals surface area contributed by atoms with Gasteiger partial charge < -0.3 is 24.3 Å². The number of carbonyl (C=O) groups excluding carboxylic acids is 1. The van der Waals surface area contributed by atoms with Gasteiger partial charge in [0.05, 0.1) is 0 Å². The number of ether oxygens (including phenoxy) is 2. The molecule has 7 nitrogen and oxygen atoms in total. The summed E-state index contributed by atoms with van der Waals surface area (Å²) in [5.41, 5.74) is 2.15. The van der Waals surface area contributed by atoms with Crippen LogP contribution in [0.4, 0.5) is 0 Å². The predicted octanol–water partition coefficient (Wildman–Crippen LogP) is 3.29. The van der Waals surface area contributed by atoms with E-state index in [1.807, 2.05) is 42.5 Å². The zero-order chi connectivity index (χ0) is 19.9. The van der Waals surface area contributed by atoms with Crippen LogP contribution in [0.2, 0.25) is 0 Å². The van der Waals surface area contributed by atoms with Gasteiger partial charge in [-0.2, -0.15) is 0 Å². The minimum atomic E-state index is -1.10. The van der Waals surface area contributed by atoms with Gasteiger partial charge >= 0.3 is 5.97 Å². The van der Waals surface area contributed by atoms with Crippen molar-refractivity contribution in [3.8, 4) is 11.3 Å². The maximum atomic E-state index is 12.3. The van der Waals surface area contributed by atoms with Crippen LogP contribution in [0.5, 0.6) is 0 Å². The van der Waals surface area contributed by atoms with Crippen molar-refractivity contribution in [3.63, 3.8) is 0 Å². The molecule has 0 aliphatic carbocycles. The van der Waals surface area contributed by atoms with Crippen molar-refractivity contribution in [2.24, 2.45) is 0 Å². The summed E-state index contributed by atoms with van der Waals surface area (Å²) < 4.78 is 15.6. The summed E-state index contributed by atoms with van der Waals surface area (Å²) in [5.74, 6) is -0.652. The Hall–Kier alpha value is -3.16. The van der Waals surface area contributed by atoms with Crippen molar-refractivity contribution < 1.29 is 28.6 Å². The zero-order valence-corrected chi connectivity index (χ0v) is 15.4. The molecule has 1 atom stereocenters. The van der Waals surface area contributed by atoms with Crippen LogP contribution in [0.15, 0.2) is 59.0 Å². The van der Waals surface area contributed by atoms with E-state index in [0.29, 0.717) is 5.56 Å². The van der Waals surface area contributed by atoms with Crippen LogP contribution in [0.3, 0.4) is 0 Å². The average Bonchev–Trinajstić information content (AvgIpc) is 3.14. The van der Waals surface area contributed by atoms with Crippen LogP contribution < -0.4 is 5.32 Å². The molecule has 0 fully saturated rings. The van der Waals surface area contributed by atoms with Crippen LogP contribution >= 0.6 is 0 Å². The Morgan fingerprint density at radius 3 is 2.57 bits per heavy atom. The molecular weight excluding hydrogens is 362 g/mol. The lowest BCUT2D eigenvalue weighted by molar-refractivity contribution is -0.159. The Morgan fingerprint density at radius 2 is 1.89 bits per heavy atom. The van der Waals surface area contributed by atoms with Crippen LogP contribution in [0, 0.1) is 0 Å². The molecule has 3 rings (SSSR count). The van der Waals surface area contributed by atoms with Gasteiger partial charge in [0.15, 0.2) is 6.10 Å². The van der Waals surface area contributed by atoms with E-state index in [4.69, 9.17) is 19.0 Å². The van der Waals surface area contributed by atoms with E-state index in [9.17, 15) is 9.59 Å². The second kappa shape index (κ2) is 9.16. The van der Waals surface area contributed by atoms with Gasteiger partial charge in [0.25, 0.3) is 5.91 Å². The zero-order valence-electron chi connectivity index (χ0n) is 15.4. The summed E-state index contributed by atoms with van der Waals surface area (Å²) in [6, 6.07) is 16.7. The summed E-state index contributed by atoms with van der Waals surface area (Å²) in [6.07, 6.45) is -0.891. The number of amides is 1. The van der Waals surface area contributed by atoms with Crippen molar-refractivity contribution >= 4 is 22.8 Å². The van der Waals surface area contributed by atoms with Gasteiger partial charge in [-0.1, -0.05) is 30.3 Å². The summed E-state index contributed by atoms with van der Waals surface area (Å²) >= 11 is 0. The number of nitrogens with one attached hydrogen (secondary N) is 1. The SMILES string of the molecule is COCO[C@H](CCNC(=O)c1ccc(-c2cc3ccccc3o2)cc1)C(=O)O. The molecule has 0 bridgehead atoms. The monoisotopic (exact) mass is 383 g/mol. The Bertz CT molecular complexity index is 914. The molecule has 0 radical (unpaired) electrons. The third-order valence-corrected chi connectivity index (χ3v) is 4.21. The number of benzene rings is 2. The molecular formula is C21H21NO6. The first-order valence-corrected chi connectivity index (χ1v) is 8.79. The van der Waals surface area contributed by atoms with E-state index >= 15 is 0 Å². The number of carboxylic acids is 1. The van der Waals surface area contributed by atoms with Crippen LogP contribution in [0.25, 0.3) is 22.3 Å². The van der Waals surface area contributed by atoms with Crippen molar-refractivity contribution in [2.45, 2.75) is 12.5 Å². The van der Waals surface area contributed by atoms with Crippen LogP contribution in [-0.2, 0) is 14.3 Å². The maximum Gasteiger partial charge on any atom is 0.332 e. The van der Waals surface area contributed by atoms with Gasteiger partial charge in [-0.3, -0.25) is 4.79 Å². The molecule has 1 aromatic heterocycles. The van der Waals surface area contributed by atoms with Crippen molar-refractivity contribution in [1.82, 2.24) is 5.32 Å². The minimum absolute atomic E-state index is 0.117. The highest BCUT2D eigenvalue weighted by Crippen LogP contribution is 2.27. The van der Waals surface area contributed by atoms with E-state index in [-0.39, 0.29) is 25.7 Å². The normalized spacial score (nSPS) is 12.0. The first-order valence-electron chi connectivity index (χ1n) is 8.79. The quantitative estimate of drug-likeness (QED) is 0.550. The molecule has 0 unspecified atom stereocenters. The molecule has 3 aromatic rings. The van der Waals surface area contributed by atoms with E-state index in [0.717, 1.165) is 22.3 Å². The average molecular weight is 383 g/mol. The molecule has 1 amide bonds. The Morgan fingerprint density at radius 1 is 1.14 bits per heavy atom. The van der Waals surface area contributed by atoms with Gasteiger partial charge in [0.1, 0.15) is 18.1 Å². The number of aliphatic carboxylic acids is 1. The van der Waals surface area contributed by atoms with Gasteiger partial charge in [0.2, 0.25) is 0 Å². The number of methoxy groups -OCH3 is 1. The lowest BCUT2D eigenvalue weighted by atomic mass is 10.1. The number of carboxylic acid groups (broad SMARTS) is 1. The molecule has 0 aliphatic heterocycles. The highest BCUT2D eigenvalue weighted by molar-refractivity contribution is 5.94. The van der Waals surface area contributed by atoms with Gasteiger partial charge in [-0.25, -0.2) is 4.79 Å².